The summed E-state index contributed by atoms with van der Waals surface area (Å²) in [4.78, 5) is 28.2. The van der Waals surface area contributed by atoms with Crippen LogP contribution in [0.15, 0.2) is 29.6 Å². The number of urea groups is 1. The molecule has 164 valence electrons. The Kier molecular flexibility index (Phi) is 8.65. The van der Waals surface area contributed by atoms with Crippen LogP contribution in [-0.4, -0.2) is 35.6 Å². The van der Waals surface area contributed by atoms with Crippen LogP contribution in [0.4, 0.5) is 4.79 Å². The summed E-state index contributed by atoms with van der Waals surface area (Å²) in [5.74, 6) is 1.04. The molecule has 0 fully saturated rings. The predicted octanol–water partition coefficient (Wildman–Crippen LogP) is 4.06. The van der Waals surface area contributed by atoms with Crippen molar-refractivity contribution in [1.82, 2.24) is 20.9 Å². The Morgan fingerprint density at radius 1 is 1.10 bits per heavy atom. The first-order valence-electron chi connectivity index (χ1n) is 10.2. The smallest absolute Gasteiger partial charge is 0.315 e. The van der Waals surface area contributed by atoms with Gasteiger partial charge in [0.25, 0.3) is 5.91 Å². The number of aromatic nitrogens is 1. The average Bonchev–Trinajstić information content (AvgIpc) is 3.14. The molecule has 0 aliphatic heterocycles. The number of hydrogen-bond acceptors (Lipinski definition) is 5. The molecule has 7 nitrogen and oxygen atoms in total. The average molecular weight is 433 g/mol. The maximum Gasteiger partial charge on any atom is 0.315 e. The molecular formula is C22H32N4O3S. The van der Waals surface area contributed by atoms with Crippen LogP contribution in [0.1, 0.15) is 68.0 Å². The SMILES string of the molecule is CC(C)c1ccc(OCc2nc(C(=O)NCCCNC(=O)NC(C)(C)C)cs2)cc1. The maximum absolute atomic E-state index is 12.2. The summed E-state index contributed by atoms with van der Waals surface area (Å²) in [5.41, 5.74) is 1.37. The molecule has 1 heterocycles. The van der Waals surface area contributed by atoms with Crippen molar-refractivity contribution >= 4 is 23.3 Å². The molecule has 0 saturated heterocycles. The zero-order valence-electron chi connectivity index (χ0n) is 18.4. The molecule has 1 aromatic carbocycles. The summed E-state index contributed by atoms with van der Waals surface area (Å²) < 4.78 is 5.76. The summed E-state index contributed by atoms with van der Waals surface area (Å²) in [7, 11) is 0. The van der Waals surface area contributed by atoms with Gasteiger partial charge >= 0.3 is 6.03 Å². The van der Waals surface area contributed by atoms with Gasteiger partial charge in [-0.2, -0.15) is 0 Å². The molecule has 8 heteroatoms. The van der Waals surface area contributed by atoms with Gasteiger partial charge in [-0.1, -0.05) is 26.0 Å². The van der Waals surface area contributed by atoms with E-state index in [4.69, 9.17) is 4.74 Å². The molecule has 0 atom stereocenters. The molecule has 0 aliphatic rings. The Morgan fingerprint density at radius 2 is 1.77 bits per heavy atom. The Bertz CT molecular complexity index is 826. The van der Waals surface area contributed by atoms with Gasteiger partial charge in [-0.3, -0.25) is 4.79 Å². The molecule has 3 N–H and O–H groups in total. The van der Waals surface area contributed by atoms with Gasteiger partial charge in [-0.05, 0) is 50.8 Å². The van der Waals surface area contributed by atoms with Gasteiger partial charge in [-0.25, -0.2) is 9.78 Å². The van der Waals surface area contributed by atoms with Crippen LogP contribution >= 0.6 is 11.3 Å². The van der Waals surface area contributed by atoms with Crippen molar-refractivity contribution in [2.75, 3.05) is 13.1 Å². The van der Waals surface area contributed by atoms with Gasteiger partial charge in [0.1, 0.15) is 23.1 Å². The highest BCUT2D eigenvalue weighted by molar-refractivity contribution is 7.09. The third-order valence-electron chi connectivity index (χ3n) is 4.11. The molecular weight excluding hydrogens is 400 g/mol. The zero-order valence-corrected chi connectivity index (χ0v) is 19.2. The van der Waals surface area contributed by atoms with E-state index in [0.717, 1.165) is 10.8 Å². The minimum Gasteiger partial charge on any atom is -0.486 e. The number of hydrogen-bond donors (Lipinski definition) is 3. The lowest BCUT2D eigenvalue weighted by molar-refractivity contribution is 0.0948. The first kappa shape index (κ1) is 23.7. The minimum atomic E-state index is -0.276. The number of carbonyl (C=O) groups is 2. The van der Waals surface area contributed by atoms with Crippen molar-refractivity contribution in [2.24, 2.45) is 0 Å². The van der Waals surface area contributed by atoms with Crippen LogP contribution in [0.5, 0.6) is 5.75 Å². The highest BCUT2D eigenvalue weighted by atomic mass is 32.1. The maximum atomic E-state index is 12.2. The third-order valence-corrected chi connectivity index (χ3v) is 4.93. The van der Waals surface area contributed by atoms with Gasteiger partial charge in [0.15, 0.2) is 0 Å². The van der Waals surface area contributed by atoms with Crippen LogP contribution in [0.2, 0.25) is 0 Å². The number of ether oxygens (including phenoxy) is 1. The molecule has 0 radical (unpaired) electrons. The molecule has 0 aliphatic carbocycles. The van der Waals surface area contributed by atoms with Gasteiger partial charge < -0.3 is 20.7 Å². The molecule has 0 unspecified atom stereocenters. The van der Waals surface area contributed by atoms with Gasteiger partial charge in [0.05, 0.1) is 0 Å². The molecule has 2 rings (SSSR count). The molecule has 3 amide bonds. The molecule has 2 aromatic rings. The van der Waals surface area contributed by atoms with Crippen molar-refractivity contribution in [2.45, 2.75) is 59.1 Å². The van der Waals surface area contributed by atoms with Crippen molar-refractivity contribution in [3.05, 3.63) is 45.9 Å². The second-order valence-corrected chi connectivity index (χ2v) is 9.32. The second kappa shape index (κ2) is 11.0. The normalized spacial score (nSPS) is 11.3. The molecule has 0 saturated carbocycles. The summed E-state index contributed by atoms with van der Waals surface area (Å²) >= 11 is 1.40. The lowest BCUT2D eigenvalue weighted by Gasteiger charge is -2.20. The number of nitrogens with zero attached hydrogens (tertiary/aromatic N) is 1. The van der Waals surface area contributed by atoms with Crippen molar-refractivity contribution in [1.29, 1.82) is 0 Å². The number of nitrogens with one attached hydrogen (secondary N) is 3. The number of amides is 3. The Hall–Kier alpha value is -2.61. The molecule has 1 aromatic heterocycles. The third kappa shape index (κ3) is 8.41. The summed E-state index contributed by atoms with van der Waals surface area (Å²) in [6.45, 7) is 11.3. The van der Waals surface area contributed by atoms with Crippen LogP contribution in [0.25, 0.3) is 0 Å². The lowest BCUT2D eigenvalue weighted by atomic mass is 10.0. The van der Waals surface area contributed by atoms with Crippen molar-refractivity contribution in [3.8, 4) is 5.75 Å². The van der Waals surface area contributed by atoms with Gasteiger partial charge in [-0.15, -0.1) is 11.3 Å². The monoisotopic (exact) mass is 432 g/mol. The first-order chi connectivity index (χ1) is 14.1. The molecule has 30 heavy (non-hydrogen) atoms. The van der Waals surface area contributed by atoms with Crippen LogP contribution in [-0.2, 0) is 6.61 Å². The van der Waals surface area contributed by atoms with Gasteiger partial charge in [0, 0.05) is 24.0 Å². The Morgan fingerprint density at radius 3 is 2.40 bits per heavy atom. The number of rotatable bonds is 9. The number of carbonyl (C=O) groups excluding carboxylic acids is 2. The standard InChI is InChI=1S/C22H32N4O3S/c1-15(2)16-7-9-17(10-8-16)29-13-19-25-18(14-30-19)20(27)23-11-6-12-24-21(28)26-22(3,4)5/h7-10,14-15H,6,11-13H2,1-5H3,(H,23,27)(H2,24,26,28). The topological polar surface area (TPSA) is 92.3 Å². The lowest BCUT2D eigenvalue weighted by Crippen LogP contribution is -2.46. The van der Waals surface area contributed by atoms with Crippen molar-refractivity contribution < 1.29 is 14.3 Å². The van der Waals surface area contributed by atoms with Crippen LogP contribution in [0.3, 0.4) is 0 Å². The fourth-order valence-corrected chi connectivity index (χ4v) is 3.23. The zero-order chi connectivity index (χ0) is 22.1. The first-order valence-corrected chi connectivity index (χ1v) is 11.0. The highest BCUT2D eigenvalue weighted by Gasteiger charge is 2.13. The van der Waals surface area contributed by atoms with E-state index in [1.54, 1.807) is 5.38 Å². The van der Waals surface area contributed by atoms with E-state index >= 15 is 0 Å². The summed E-state index contributed by atoms with van der Waals surface area (Å²) in [5, 5.41) is 10.9. The highest BCUT2D eigenvalue weighted by Crippen LogP contribution is 2.20. The molecule has 0 spiro atoms. The largest absolute Gasteiger partial charge is 0.486 e. The Balaban J connectivity index is 1.68. The summed E-state index contributed by atoms with van der Waals surface area (Å²) in [6.07, 6.45) is 0.635. The van der Waals surface area contributed by atoms with E-state index < -0.39 is 0 Å². The number of benzene rings is 1. The predicted molar refractivity (Wildman–Crippen MR) is 120 cm³/mol. The van der Waals surface area contributed by atoms with Crippen molar-refractivity contribution in [3.63, 3.8) is 0 Å². The van der Waals surface area contributed by atoms with Crippen LogP contribution in [0, 0.1) is 0 Å². The van der Waals surface area contributed by atoms with E-state index in [9.17, 15) is 9.59 Å². The van der Waals surface area contributed by atoms with E-state index in [-0.39, 0.29) is 17.5 Å². The van der Waals surface area contributed by atoms with E-state index in [2.05, 4.69) is 46.9 Å². The van der Waals surface area contributed by atoms with E-state index in [1.807, 2.05) is 32.9 Å². The fourth-order valence-electron chi connectivity index (χ4n) is 2.54. The summed E-state index contributed by atoms with van der Waals surface area (Å²) in [6, 6.07) is 7.81. The van der Waals surface area contributed by atoms with Gasteiger partial charge in [0.2, 0.25) is 0 Å². The van der Waals surface area contributed by atoms with Crippen LogP contribution < -0.4 is 20.7 Å². The Labute approximate surface area is 182 Å². The van der Waals surface area contributed by atoms with E-state index in [1.165, 1.54) is 16.9 Å². The second-order valence-electron chi connectivity index (χ2n) is 8.38. The molecule has 0 bridgehead atoms. The quantitative estimate of drug-likeness (QED) is 0.521. The number of thiazole rings is 1. The minimum absolute atomic E-state index is 0.211. The van der Waals surface area contributed by atoms with E-state index in [0.29, 0.717) is 37.7 Å². The fraction of sp³-hybridized carbons (Fsp3) is 0.500.